The summed E-state index contributed by atoms with van der Waals surface area (Å²) in [6, 6.07) is 20.7. The zero-order chi connectivity index (χ0) is 26.1. The lowest BCUT2D eigenvalue weighted by atomic mass is 10.0. The second-order valence-corrected chi connectivity index (χ2v) is 10.5. The molecule has 36 heavy (non-hydrogen) atoms. The van der Waals surface area contributed by atoms with Crippen LogP contribution in [0.15, 0.2) is 75.7 Å². The number of carbonyl (C=O) groups excluding carboxylic acids is 2. The van der Waals surface area contributed by atoms with Crippen molar-refractivity contribution in [1.82, 2.24) is 10.2 Å². The van der Waals surface area contributed by atoms with Crippen LogP contribution in [0.2, 0.25) is 0 Å². The van der Waals surface area contributed by atoms with Crippen molar-refractivity contribution < 1.29 is 14.3 Å². The highest BCUT2D eigenvalue weighted by atomic mass is 79.9. The molecule has 190 valence electrons. The number of amides is 2. The fraction of sp³-hybridized carbons (Fsp3) is 0.310. The number of halogens is 2. The van der Waals surface area contributed by atoms with E-state index in [1.54, 1.807) is 4.90 Å². The predicted molar refractivity (Wildman–Crippen MR) is 151 cm³/mol. The first kappa shape index (κ1) is 27.9. The standard InChI is InChI=1S/C29H32Br2N2O3/c1-4-13-32-29(35)26(17-22-9-6-5-7-10-22)33(18-23-11-8-12-24(30)16-23)27(34)19-36-25-14-20(2)28(31)21(3)15-25/h5-12,14-16,26H,4,13,17-19H2,1-3H3,(H,32,35). The van der Waals surface area contributed by atoms with Crippen LogP contribution >= 0.6 is 31.9 Å². The minimum absolute atomic E-state index is 0.166. The molecule has 0 bridgehead atoms. The van der Waals surface area contributed by atoms with Gasteiger partial charge in [0.1, 0.15) is 11.8 Å². The van der Waals surface area contributed by atoms with Crippen LogP contribution in [0.1, 0.15) is 35.6 Å². The third-order valence-electron chi connectivity index (χ3n) is 5.83. The van der Waals surface area contributed by atoms with Crippen molar-refractivity contribution in [2.75, 3.05) is 13.2 Å². The molecule has 5 nitrogen and oxygen atoms in total. The number of rotatable bonds is 11. The average Bonchev–Trinajstić information content (AvgIpc) is 2.87. The highest BCUT2D eigenvalue weighted by Gasteiger charge is 2.30. The first-order valence-electron chi connectivity index (χ1n) is 12.0. The molecule has 3 aromatic rings. The average molecular weight is 616 g/mol. The lowest BCUT2D eigenvalue weighted by Crippen LogP contribution is -2.51. The quantitative estimate of drug-likeness (QED) is 0.273. The Hall–Kier alpha value is -2.64. The number of carbonyl (C=O) groups is 2. The van der Waals surface area contributed by atoms with Gasteiger partial charge in [-0.2, -0.15) is 0 Å². The Labute approximate surface area is 230 Å². The summed E-state index contributed by atoms with van der Waals surface area (Å²) in [6.45, 7) is 6.65. The van der Waals surface area contributed by atoms with Crippen LogP contribution in [0.4, 0.5) is 0 Å². The van der Waals surface area contributed by atoms with Crippen molar-refractivity contribution >= 4 is 43.7 Å². The van der Waals surface area contributed by atoms with Gasteiger partial charge >= 0.3 is 0 Å². The summed E-state index contributed by atoms with van der Waals surface area (Å²) in [7, 11) is 0. The van der Waals surface area contributed by atoms with Gasteiger partial charge in [-0.1, -0.05) is 81.2 Å². The summed E-state index contributed by atoms with van der Waals surface area (Å²) in [5.41, 5.74) is 3.98. The van der Waals surface area contributed by atoms with Crippen LogP contribution in [-0.2, 0) is 22.6 Å². The van der Waals surface area contributed by atoms with Crippen molar-refractivity contribution in [3.8, 4) is 5.75 Å². The maximum atomic E-state index is 13.7. The number of hydrogen-bond donors (Lipinski definition) is 1. The first-order chi connectivity index (χ1) is 17.3. The third-order valence-corrected chi connectivity index (χ3v) is 7.58. The minimum Gasteiger partial charge on any atom is -0.484 e. The van der Waals surface area contributed by atoms with E-state index < -0.39 is 6.04 Å². The van der Waals surface area contributed by atoms with Crippen LogP contribution in [0.25, 0.3) is 0 Å². The normalized spacial score (nSPS) is 11.6. The van der Waals surface area contributed by atoms with Crippen molar-refractivity contribution in [3.63, 3.8) is 0 Å². The van der Waals surface area contributed by atoms with Gasteiger partial charge in [0.2, 0.25) is 5.91 Å². The number of hydrogen-bond acceptors (Lipinski definition) is 3. The maximum absolute atomic E-state index is 13.7. The van der Waals surface area contributed by atoms with Crippen LogP contribution < -0.4 is 10.1 Å². The monoisotopic (exact) mass is 614 g/mol. The van der Waals surface area contributed by atoms with Gasteiger partial charge in [-0.25, -0.2) is 0 Å². The molecule has 0 saturated carbocycles. The zero-order valence-corrected chi connectivity index (χ0v) is 24.1. The number of nitrogens with one attached hydrogen (secondary N) is 1. The highest BCUT2D eigenvalue weighted by Crippen LogP contribution is 2.26. The minimum atomic E-state index is -0.678. The summed E-state index contributed by atoms with van der Waals surface area (Å²) in [5, 5.41) is 2.99. The Morgan fingerprint density at radius 1 is 0.944 bits per heavy atom. The summed E-state index contributed by atoms with van der Waals surface area (Å²) in [5.74, 6) is 0.208. The molecule has 3 rings (SSSR count). The second-order valence-electron chi connectivity index (χ2n) is 8.81. The van der Waals surface area contributed by atoms with E-state index in [4.69, 9.17) is 4.74 Å². The van der Waals surface area contributed by atoms with Crippen LogP contribution in [-0.4, -0.2) is 35.9 Å². The van der Waals surface area contributed by atoms with Crippen molar-refractivity contribution in [3.05, 3.63) is 97.9 Å². The van der Waals surface area contributed by atoms with E-state index in [9.17, 15) is 9.59 Å². The van der Waals surface area contributed by atoms with E-state index in [0.29, 0.717) is 18.7 Å². The Balaban J connectivity index is 1.91. The van der Waals surface area contributed by atoms with Crippen LogP contribution in [0.3, 0.4) is 0 Å². The van der Waals surface area contributed by atoms with Gasteiger partial charge in [-0.15, -0.1) is 0 Å². The molecule has 0 saturated heterocycles. The van der Waals surface area contributed by atoms with Gasteiger partial charge in [-0.05, 0) is 66.8 Å². The molecule has 1 N–H and O–H groups in total. The fourth-order valence-corrected chi connectivity index (χ4v) is 4.65. The Morgan fingerprint density at radius 2 is 1.61 bits per heavy atom. The Kier molecular flexibility index (Phi) is 10.6. The second kappa shape index (κ2) is 13.6. The smallest absolute Gasteiger partial charge is 0.261 e. The van der Waals surface area contributed by atoms with Gasteiger partial charge < -0.3 is 15.0 Å². The van der Waals surface area contributed by atoms with E-state index in [2.05, 4.69) is 37.2 Å². The molecule has 3 aromatic carbocycles. The molecule has 0 aliphatic carbocycles. The van der Waals surface area contributed by atoms with Crippen molar-refractivity contribution in [2.24, 2.45) is 0 Å². The van der Waals surface area contributed by atoms with Crippen molar-refractivity contribution in [1.29, 1.82) is 0 Å². The summed E-state index contributed by atoms with van der Waals surface area (Å²) < 4.78 is 7.87. The molecular weight excluding hydrogens is 584 g/mol. The van der Waals surface area contributed by atoms with E-state index in [-0.39, 0.29) is 25.0 Å². The van der Waals surface area contributed by atoms with E-state index >= 15 is 0 Å². The summed E-state index contributed by atoms with van der Waals surface area (Å²) in [6.07, 6.45) is 1.22. The van der Waals surface area contributed by atoms with Crippen molar-refractivity contribution in [2.45, 2.75) is 46.2 Å². The molecule has 0 fully saturated rings. The number of nitrogens with zero attached hydrogens (tertiary/aromatic N) is 1. The lowest BCUT2D eigenvalue weighted by Gasteiger charge is -2.31. The highest BCUT2D eigenvalue weighted by molar-refractivity contribution is 9.10. The van der Waals surface area contributed by atoms with Crippen LogP contribution in [0.5, 0.6) is 5.75 Å². The third kappa shape index (κ3) is 7.93. The molecule has 0 spiro atoms. The molecule has 0 radical (unpaired) electrons. The number of benzene rings is 3. The van der Waals surface area contributed by atoms with Gasteiger partial charge in [-0.3, -0.25) is 9.59 Å². The van der Waals surface area contributed by atoms with E-state index in [0.717, 1.165) is 37.6 Å². The van der Waals surface area contributed by atoms with Gasteiger partial charge in [0.05, 0.1) is 0 Å². The molecular formula is C29H32Br2N2O3. The molecule has 0 aromatic heterocycles. The van der Waals surface area contributed by atoms with E-state index in [1.165, 1.54) is 0 Å². The molecule has 1 unspecified atom stereocenters. The first-order valence-corrected chi connectivity index (χ1v) is 13.6. The number of ether oxygens (including phenoxy) is 1. The van der Waals surface area contributed by atoms with Gasteiger partial charge in [0.25, 0.3) is 5.91 Å². The van der Waals surface area contributed by atoms with Gasteiger partial charge in [0, 0.05) is 28.5 Å². The van der Waals surface area contributed by atoms with Gasteiger partial charge in [0.15, 0.2) is 6.61 Å². The lowest BCUT2D eigenvalue weighted by molar-refractivity contribution is -0.142. The van der Waals surface area contributed by atoms with Crippen LogP contribution in [0, 0.1) is 13.8 Å². The number of aryl methyl sites for hydroxylation is 2. The molecule has 1 atom stereocenters. The molecule has 0 aliphatic heterocycles. The zero-order valence-electron chi connectivity index (χ0n) is 20.9. The molecule has 2 amide bonds. The summed E-state index contributed by atoms with van der Waals surface area (Å²) >= 11 is 7.08. The molecule has 0 aliphatic rings. The van der Waals surface area contributed by atoms with E-state index in [1.807, 2.05) is 87.5 Å². The Bertz CT molecular complexity index is 1160. The molecule has 0 heterocycles. The Morgan fingerprint density at radius 3 is 2.25 bits per heavy atom. The summed E-state index contributed by atoms with van der Waals surface area (Å²) in [4.78, 5) is 28.6. The maximum Gasteiger partial charge on any atom is 0.261 e. The predicted octanol–water partition coefficient (Wildman–Crippen LogP) is 6.37. The molecule has 7 heteroatoms. The SMILES string of the molecule is CCCNC(=O)C(Cc1ccccc1)N(Cc1cccc(Br)c1)C(=O)COc1cc(C)c(Br)c(C)c1. The largest absolute Gasteiger partial charge is 0.484 e. The topological polar surface area (TPSA) is 58.6 Å². The fourth-order valence-electron chi connectivity index (χ4n) is 3.97.